The number of Topliss-reactive ketones (excluding diaryl/α,β-unsaturated/α-hetero) is 1. The van der Waals surface area contributed by atoms with E-state index in [9.17, 15) is 19.8 Å². The second kappa shape index (κ2) is 12.2. The molecule has 7 nitrogen and oxygen atoms in total. The third kappa shape index (κ3) is 7.27. The summed E-state index contributed by atoms with van der Waals surface area (Å²) in [5.74, 6) is -1.12. The molecule has 3 N–H and O–H groups in total. The second-order valence-corrected chi connectivity index (χ2v) is 12.0. The molecule has 0 saturated carbocycles. The molecule has 3 rings (SSSR count). The number of rotatable bonds is 4. The van der Waals surface area contributed by atoms with E-state index >= 15 is 0 Å². The van der Waals surface area contributed by atoms with Crippen LogP contribution in [0.25, 0.3) is 6.08 Å². The molecule has 0 bridgehead atoms. The lowest BCUT2D eigenvalue weighted by Gasteiger charge is -2.36. The molecule has 1 aromatic rings. The van der Waals surface area contributed by atoms with Crippen molar-refractivity contribution in [3.8, 4) is 0 Å². The van der Waals surface area contributed by atoms with Crippen molar-refractivity contribution in [1.82, 2.24) is 10.3 Å². The highest BCUT2D eigenvalue weighted by molar-refractivity contribution is 5.88. The van der Waals surface area contributed by atoms with Crippen molar-refractivity contribution < 1.29 is 24.5 Å². The number of ketones is 1. The molecule has 2 aliphatic rings. The molecule has 0 radical (unpaired) electrons. The summed E-state index contributed by atoms with van der Waals surface area (Å²) < 4.78 is 6.13. The predicted octanol–water partition coefficient (Wildman–Crippen LogP) is 4.46. The number of aliphatic hydroxyl groups excluding tert-OH is 2. The number of aromatic nitrogens is 1. The Morgan fingerprint density at radius 3 is 2.62 bits per heavy atom. The maximum atomic E-state index is 13.6. The van der Waals surface area contributed by atoms with Gasteiger partial charge in [0.05, 0.1) is 47.5 Å². The quantitative estimate of drug-likeness (QED) is 0.512. The highest BCUT2D eigenvalue weighted by Crippen LogP contribution is 2.44. The zero-order valence-corrected chi connectivity index (χ0v) is 23.4. The minimum absolute atomic E-state index is 0.00815. The van der Waals surface area contributed by atoms with Gasteiger partial charge in [0.25, 0.3) is 0 Å². The van der Waals surface area contributed by atoms with Gasteiger partial charge < -0.3 is 20.3 Å². The fourth-order valence-corrected chi connectivity index (χ4v) is 5.61. The Kier molecular flexibility index (Phi) is 9.70. The van der Waals surface area contributed by atoms with Crippen LogP contribution in [-0.2, 0) is 14.3 Å². The third-order valence-electron chi connectivity index (χ3n) is 8.54. The van der Waals surface area contributed by atoms with E-state index < -0.39 is 23.5 Å². The molecule has 1 amide bonds. The van der Waals surface area contributed by atoms with Gasteiger partial charge in [-0.15, -0.1) is 0 Å². The van der Waals surface area contributed by atoms with Gasteiger partial charge in [0, 0.05) is 18.5 Å². The second-order valence-electron chi connectivity index (χ2n) is 12.0. The molecular formula is C30H46N2O5. The fraction of sp³-hybridized carbons (Fsp3) is 0.700. The van der Waals surface area contributed by atoms with Crippen LogP contribution in [0.3, 0.4) is 0 Å². The molecule has 0 spiro atoms. The largest absolute Gasteiger partial charge is 0.392 e. The summed E-state index contributed by atoms with van der Waals surface area (Å²) in [6, 6.07) is 5.41. The number of nitrogens with one attached hydrogen (secondary N) is 1. The molecule has 206 valence electrons. The van der Waals surface area contributed by atoms with E-state index in [1.54, 1.807) is 20.0 Å². The number of epoxide rings is 1. The van der Waals surface area contributed by atoms with Crippen LogP contribution in [0, 0.1) is 17.3 Å². The summed E-state index contributed by atoms with van der Waals surface area (Å²) in [6.07, 6.45) is 6.01. The molecule has 7 heteroatoms. The maximum Gasteiger partial charge on any atom is 0.223 e. The molecule has 2 fully saturated rings. The van der Waals surface area contributed by atoms with E-state index in [-0.39, 0.29) is 41.8 Å². The zero-order chi connectivity index (χ0) is 27.4. The Morgan fingerprint density at radius 1 is 1.24 bits per heavy atom. The summed E-state index contributed by atoms with van der Waals surface area (Å²) in [4.78, 5) is 31.2. The Balaban J connectivity index is 1.88. The third-order valence-corrected chi connectivity index (χ3v) is 8.54. The number of pyridine rings is 1. The Bertz CT molecular complexity index is 962. The van der Waals surface area contributed by atoms with E-state index in [1.807, 2.05) is 45.0 Å². The normalized spacial score (nSPS) is 35.9. The number of aliphatic hydroxyl groups is 2. The molecule has 1 aromatic heterocycles. The predicted molar refractivity (Wildman–Crippen MR) is 145 cm³/mol. The summed E-state index contributed by atoms with van der Waals surface area (Å²) in [5.41, 5.74) is 0.329. The smallest absolute Gasteiger partial charge is 0.223 e. The highest BCUT2D eigenvalue weighted by Gasteiger charge is 2.52. The van der Waals surface area contributed by atoms with E-state index in [0.717, 1.165) is 37.0 Å². The summed E-state index contributed by atoms with van der Waals surface area (Å²) >= 11 is 0. The van der Waals surface area contributed by atoms with Gasteiger partial charge in [-0.3, -0.25) is 14.6 Å². The number of hydrogen-bond acceptors (Lipinski definition) is 6. The van der Waals surface area contributed by atoms with Crippen molar-refractivity contribution in [2.45, 2.75) is 116 Å². The van der Waals surface area contributed by atoms with E-state index in [0.29, 0.717) is 12.8 Å². The molecule has 2 saturated heterocycles. The molecule has 3 heterocycles. The van der Waals surface area contributed by atoms with Gasteiger partial charge in [-0.05, 0) is 62.8 Å². The highest BCUT2D eigenvalue weighted by atomic mass is 16.6. The van der Waals surface area contributed by atoms with Crippen LogP contribution in [0.4, 0.5) is 0 Å². The van der Waals surface area contributed by atoms with Crippen molar-refractivity contribution in [2.24, 2.45) is 17.3 Å². The lowest BCUT2D eigenvalue weighted by atomic mass is 9.71. The molecule has 37 heavy (non-hydrogen) atoms. The first kappa shape index (κ1) is 29.5. The van der Waals surface area contributed by atoms with Crippen molar-refractivity contribution in [3.05, 3.63) is 35.7 Å². The molecule has 0 aliphatic carbocycles. The topological polar surface area (TPSA) is 112 Å². The summed E-state index contributed by atoms with van der Waals surface area (Å²) in [5, 5.41) is 25.3. The fourth-order valence-electron chi connectivity index (χ4n) is 5.61. The minimum atomic E-state index is -1.17. The minimum Gasteiger partial charge on any atom is -0.392 e. The number of carbonyl (C=O) groups is 2. The molecule has 0 aromatic carbocycles. The first-order valence-corrected chi connectivity index (χ1v) is 13.9. The zero-order valence-electron chi connectivity index (χ0n) is 23.4. The van der Waals surface area contributed by atoms with Crippen molar-refractivity contribution in [3.63, 3.8) is 0 Å². The van der Waals surface area contributed by atoms with Gasteiger partial charge in [-0.1, -0.05) is 46.6 Å². The summed E-state index contributed by atoms with van der Waals surface area (Å²) in [7, 11) is 0. The van der Waals surface area contributed by atoms with Crippen LogP contribution in [0.1, 0.15) is 92.2 Å². The Morgan fingerprint density at radius 2 is 1.97 bits per heavy atom. The Hall–Kier alpha value is -2.09. The number of amides is 1. The average Bonchev–Trinajstić information content (AvgIpc) is 3.49. The van der Waals surface area contributed by atoms with Crippen LogP contribution >= 0.6 is 0 Å². The SMILES string of the molecule is CCC[C@H]1C(=O)C(C)(C)[C@@H](O)CC(=O)N[C@H](/C(C)=C/c2ccccn2)C[C@@H]2O[C@]2(C)CCC[C@H](C)[C@@H]1O. The van der Waals surface area contributed by atoms with Gasteiger partial charge in [-0.25, -0.2) is 0 Å². The molecule has 0 unspecified atom stereocenters. The van der Waals surface area contributed by atoms with Gasteiger partial charge in [0.2, 0.25) is 5.91 Å². The van der Waals surface area contributed by atoms with Crippen LogP contribution in [0.5, 0.6) is 0 Å². The average molecular weight is 515 g/mol. The van der Waals surface area contributed by atoms with Crippen LogP contribution in [0.2, 0.25) is 0 Å². The number of hydrogen-bond donors (Lipinski definition) is 3. The lowest BCUT2D eigenvalue weighted by molar-refractivity contribution is -0.144. The number of carbonyl (C=O) groups excluding carboxylic acids is 2. The van der Waals surface area contributed by atoms with E-state index in [4.69, 9.17) is 4.74 Å². The van der Waals surface area contributed by atoms with Crippen molar-refractivity contribution in [1.29, 1.82) is 0 Å². The maximum absolute atomic E-state index is 13.6. The first-order chi connectivity index (χ1) is 17.4. The van der Waals surface area contributed by atoms with Crippen molar-refractivity contribution >= 4 is 17.8 Å². The molecule has 7 atom stereocenters. The molecule has 2 aliphatic heterocycles. The van der Waals surface area contributed by atoms with Gasteiger partial charge >= 0.3 is 0 Å². The van der Waals surface area contributed by atoms with Gasteiger partial charge in [-0.2, -0.15) is 0 Å². The van der Waals surface area contributed by atoms with Crippen LogP contribution < -0.4 is 5.32 Å². The van der Waals surface area contributed by atoms with Crippen molar-refractivity contribution in [2.75, 3.05) is 0 Å². The van der Waals surface area contributed by atoms with Gasteiger partial charge in [0.1, 0.15) is 5.78 Å². The number of ether oxygens (including phenoxy) is 1. The monoisotopic (exact) mass is 514 g/mol. The number of nitrogens with zero attached hydrogens (tertiary/aromatic N) is 1. The van der Waals surface area contributed by atoms with Crippen LogP contribution in [0.15, 0.2) is 30.0 Å². The van der Waals surface area contributed by atoms with Crippen LogP contribution in [-0.4, -0.2) is 56.8 Å². The lowest BCUT2D eigenvalue weighted by Crippen LogP contribution is -2.48. The summed E-state index contributed by atoms with van der Waals surface area (Å²) in [6.45, 7) is 11.4. The van der Waals surface area contributed by atoms with Gasteiger partial charge in [0.15, 0.2) is 0 Å². The first-order valence-electron chi connectivity index (χ1n) is 13.9. The Labute approximate surface area is 222 Å². The molecular weight excluding hydrogens is 468 g/mol. The standard InChI is InChI=1S/C30H46N2O5/c1-7-11-22-27(35)19(2)12-10-14-30(6)25(37-30)17-23(20(3)16-21-13-8-9-15-31-21)32-26(34)18-24(33)29(4,5)28(22)36/h8-9,13,15-16,19,22-25,27,33,35H,7,10-12,14,17-18H2,1-6H3,(H,32,34)/b20-16+/t19-,22+,23-,24-,25-,27-,30+/m0/s1. The number of fused-ring (bicyclic) bond motifs is 1. The van der Waals surface area contributed by atoms with E-state index in [1.165, 1.54) is 0 Å². The van der Waals surface area contributed by atoms with E-state index in [2.05, 4.69) is 17.2 Å².